The van der Waals surface area contributed by atoms with Crippen LogP contribution in [0.1, 0.15) is 99.8 Å². The van der Waals surface area contributed by atoms with Gasteiger partial charge in [-0.1, -0.05) is 34.6 Å². The first kappa shape index (κ1) is 43.5. The van der Waals surface area contributed by atoms with Gasteiger partial charge in [0.15, 0.2) is 12.6 Å². The number of aliphatic hydroxyl groups excluding tert-OH is 10. The summed E-state index contributed by atoms with van der Waals surface area (Å²) >= 11 is 0. The van der Waals surface area contributed by atoms with Crippen LogP contribution in [0, 0.1) is 50.7 Å². The lowest BCUT2D eigenvalue weighted by Crippen LogP contribution is -2.62. The topological polar surface area (TPSA) is 259 Å². The van der Waals surface area contributed by atoms with Gasteiger partial charge in [-0.05, 0) is 116 Å². The predicted octanol–water partition coefficient (Wildman–Crippen LogP) is -0.466. The Balaban J connectivity index is 1.14. The maximum Gasteiger partial charge on any atom is 0.187 e. The van der Waals surface area contributed by atoms with Crippen LogP contribution in [0.2, 0.25) is 0 Å². The van der Waals surface area contributed by atoms with Crippen LogP contribution < -0.4 is 0 Å². The summed E-state index contributed by atoms with van der Waals surface area (Å²) in [7, 11) is 0. The second-order valence-electron chi connectivity index (χ2n) is 20.8. The lowest BCUT2D eigenvalue weighted by atomic mass is 9.41. The lowest BCUT2D eigenvalue weighted by Gasteiger charge is -2.63. The Morgan fingerprint density at radius 3 is 2.02 bits per heavy atom. The maximum atomic E-state index is 12.2. The summed E-state index contributed by atoms with van der Waals surface area (Å²) in [5.41, 5.74) is -2.65. The molecule has 0 aromatic rings. The number of hydrogen-bond acceptors (Lipinski definition) is 15. The average Bonchev–Trinajstić information content (AvgIpc) is 3.74. The van der Waals surface area contributed by atoms with Crippen LogP contribution in [-0.2, 0) is 18.9 Å². The molecule has 22 unspecified atom stereocenters. The third kappa shape index (κ3) is 6.23. The van der Waals surface area contributed by atoms with E-state index >= 15 is 0 Å². The summed E-state index contributed by atoms with van der Waals surface area (Å²) in [5.74, 6) is -0.488. The highest BCUT2D eigenvalue weighted by Crippen LogP contribution is 2.89. The highest BCUT2D eigenvalue weighted by Gasteiger charge is 2.83. The molecule has 15 nitrogen and oxygen atoms in total. The fourth-order valence-corrected chi connectivity index (χ4v) is 14.3. The van der Waals surface area contributed by atoms with Gasteiger partial charge in [0.05, 0.1) is 37.1 Å². The molecule has 0 bridgehead atoms. The maximum absolute atomic E-state index is 12.2. The van der Waals surface area contributed by atoms with Gasteiger partial charge in [0.25, 0.3) is 0 Å². The Kier molecular flexibility index (Phi) is 11.3. The third-order valence-corrected chi connectivity index (χ3v) is 17.5. The minimum Gasteiger partial charge on any atom is -0.394 e. The van der Waals surface area contributed by atoms with Gasteiger partial charge in [0.2, 0.25) is 0 Å². The predicted molar refractivity (Wildman–Crippen MR) is 197 cm³/mol. The van der Waals surface area contributed by atoms with E-state index < -0.39 is 109 Å². The number of hydrogen-bond donors (Lipinski definition) is 11. The van der Waals surface area contributed by atoms with Crippen molar-refractivity contribution in [3.05, 3.63) is 0 Å². The molecule has 2 aliphatic heterocycles. The van der Waals surface area contributed by atoms with Crippen LogP contribution in [0.25, 0.3) is 0 Å². The van der Waals surface area contributed by atoms with Crippen molar-refractivity contribution in [1.29, 1.82) is 0 Å². The van der Waals surface area contributed by atoms with Crippen molar-refractivity contribution < 1.29 is 75.1 Å². The van der Waals surface area contributed by atoms with Gasteiger partial charge >= 0.3 is 0 Å². The van der Waals surface area contributed by atoms with Gasteiger partial charge in [-0.3, -0.25) is 0 Å². The van der Waals surface area contributed by atoms with Crippen LogP contribution in [0.3, 0.4) is 0 Å². The van der Waals surface area contributed by atoms with E-state index in [0.717, 1.165) is 44.9 Å². The zero-order valence-electron chi connectivity index (χ0n) is 34.0. The quantitative estimate of drug-likeness (QED) is 0.125. The molecule has 11 N–H and O–H groups in total. The number of fused-ring (bicyclic) bond motifs is 2. The summed E-state index contributed by atoms with van der Waals surface area (Å²) in [6.07, 6.45) is -11.7. The van der Waals surface area contributed by atoms with Gasteiger partial charge < -0.3 is 75.1 Å². The van der Waals surface area contributed by atoms with Crippen molar-refractivity contribution in [2.24, 2.45) is 50.7 Å². The van der Waals surface area contributed by atoms with Crippen molar-refractivity contribution in [3.8, 4) is 0 Å². The molecule has 22 atom stereocenters. The van der Waals surface area contributed by atoms with E-state index in [4.69, 9.17) is 18.9 Å². The molecular formula is C41H70O15. The first-order valence-corrected chi connectivity index (χ1v) is 21.0. The zero-order chi connectivity index (χ0) is 41.3. The SMILES string of the molecule is CC(C(OC1OC(CO)C(O)C(O)C1O)C(O)C(O)C(C)(C)O)C1C(O)CC2(C)C3CCC4C(C)(C)C(OC5OCC(O)C(O)C5O)CCC45CC35CCC12C. The average molecular weight is 803 g/mol. The highest BCUT2D eigenvalue weighted by molar-refractivity contribution is 5.31. The molecule has 2 saturated heterocycles. The minimum atomic E-state index is -1.76. The smallest absolute Gasteiger partial charge is 0.187 e. The van der Waals surface area contributed by atoms with E-state index in [1.807, 2.05) is 6.92 Å². The Bertz CT molecular complexity index is 1430. The summed E-state index contributed by atoms with van der Waals surface area (Å²) in [6, 6.07) is 0. The number of aliphatic hydroxyl groups is 11. The van der Waals surface area contributed by atoms with Gasteiger partial charge in [-0.25, -0.2) is 0 Å². The first-order valence-electron chi connectivity index (χ1n) is 21.0. The molecule has 0 aromatic carbocycles. The Morgan fingerprint density at radius 2 is 1.38 bits per heavy atom. The molecule has 5 saturated carbocycles. The molecule has 7 fully saturated rings. The van der Waals surface area contributed by atoms with E-state index in [-0.39, 0.29) is 34.4 Å². The van der Waals surface area contributed by atoms with Crippen molar-refractivity contribution in [3.63, 3.8) is 0 Å². The second-order valence-corrected chi connectivity index (χ2v) is 20.8. The molecule has 7 rings (SSSR count). The van der Waals surface area contributed by atoms with Crippen molar-refractivity contribution in [2.45, 2.75) is 191 Å². The van der Waals surface area contributed by atoms with Crippen LogP contribution in [0.4, 0.5) is 0 Å². The monoisotopic (exact) mass is 802 g/mol. The molecule has 0 amide bonds. The molecule has 15 heteroatoms. The Hall–Kier alpha value is -0.600. The van der Waals surface area contributed by atoms with E-state index in [1.165, 1.54) is 13.8 Å². The van der Waals surface area contributed by atoms with Gasteiger partial charge in [-0.15, -0.1) is 0 Å². The van der Waals surface area contributed by atoms with Gasteiger partial charge in [-0.2, -0.15) is 0 Å². The van der Waals surface area contributed by atoms with Gasteiger partial charge in [0, 0.05) is 0 Å². The molecule has 56 heavy (non-hydrogen) atoms. The second kappa shape index (κ2) is 14.5. The molecule has 5 aliphatic carbocycles. The summed E-state index contributed by atoms with van der Waals surface area (Å²) in [4.78, 5) is 0. The number of ether oxygens (including phenoxy) is 4. The minimum absolute atomic E-state index is 0.0638. The molecule has 0 aromatic heterocycles. The molecule has 7 aliphatic rings. The van der Waals surface area contributed by atoms with E-state index in [1.54, 1.807) is 0 Å². The van der Waals surface area contributed by atoms with E-state index in [2.05, 4.69) is 27.7 Å². The molecule has 2 heterocycles. The first-order chi connectivity index (χ1) is 25.9. The van der Waals surface area contributed by atoms with Crippen LogP contribution in [0.15, 0.2) is 0 Å². The van der Waals surface area contributed by atoms with E-state index in [9.17, 15) is 56.2 Å². The van der Waals surface area contributed by atoms with E-state index in [0.29, 0.717) is 18.3 Å². The van der Waals surface area contributed by atoms with Crippen LogP contribution >= 0.6 is 0 Å². The normalized spacial score (nSPS) is 53.5. The summed E-state index contributed by atoms with van der Waals surface area (Å²) in [5, 5.41) is 119. The largest absolute Gasteiger partial charge is 0.394 e. The molecular weight excluding hydrogens is 732 g/mol. The highest BCUT2D eigenvalue weighted by atomic mass is 16.7. The third-order valence-electron chi connectivity index (χ3n) is 17.5. The molecule has 2 spiro atoms. The standard InChI is InChI=1S/C41H70O15/c1-18(32(31(50)33(51)37(4,5)52)56-35-30(49)28(47)27(46)21(15-42)54-35)25-19(43)14-39(7)23-9-8-22-36(2,3)24(55-34-29(48)26(45)20(44)16-53-34)10-11-40(22)17-41(23,40)13-12-38(25,39)6/h18-35,42-52H,8-17H2,1-7H3. The van der Waals surface area contributed by atoms with Crippen LogP contribution in [-0.4, -0.2) is 161 Å². The molecule has 324 valence electrons. The van der Waals surface area contributed by atoms with Crippen molar-refractivity contribution >= 4 is 0 Å². The zero-order valence-corrected chi connectivity index (χ0v) is 34.0. The van der Waals surface area contributed by atoms with Crippen molar-refractivity contribution in [1.82, 2.24) is 0 Å². The fourth-order valence-electron chi connectivity index (χ4n) is 14.3. The Labute approximate surface area is 329 Å². The van der Waals surface area contributed by atoms with Gasteiger partial charge in [0.1, 0.15) is 54.9 Å². The van der Waals surface area contributed by atoms with Crippen molar-refractivity contribution in [2.75, 3.05) is 13.2 Å². The van der Waals surface area contributed by atoms with Crippen LogP contribution in [0.5, 0.6) is 0 Å². The fraction of sp³-hybridized carbons (Fsp3) is 1.00. The number of rotatable bonds is 10. The molecule has 0 radical (unpaired) electrons. The summed E-state index contributed by atoms with van der Waals surface area (Å²) in [6.45, 7) is 12.7. The summed E-state index contributed by atoms with van der Waals surface area (Å²) < 4.78 is 24.1. The lowest BCUT2D eigenvalue weighted by molar-refractivity contribution is -0.328. The Morgan fingerprint density at radius 1 is 0.750 bits per heavy atom.